The average Bonchev–Trinajstić information content (AvgIpc) is 2.03. The molecular formula is C9H18N2. The van der Waals surface area contributed by atoms with Crippen molar-refractivity contribution in [2.75, 3.05) is 0 Å². The Morgan fingerprint density at radius 1 is 1.55 bits per heavy atom. The summed E-state index contributed by atoms with van der Waals surface area (Å²) >= 11 is 0. The standard InChI is InChI=1S/C7H12N2.C2H6/c1-3-6(4-2)5-7(8)9;1-2/h3,5H,1,4H2,2H3,(H3,8,9);1-2H3/b6-5+;. The Hall–Kier alpha value is -1.05. The fraction of sp³-hybridized carbons (Fsp3) is 0.444. The first kappa shape index (κ1) is 12.6. The number of nitrogens with two attached hydrogens (primary N) is 1. The molecule has 0 aromatic heterocycles. The van der Waals surface area contributed by atoms with Crippen molar-refractivity contribution in [2.45, 2.75) is 27.2 Å². The van der Waals surface area contributed by atoms with Gasteiger partial charge in [0.25, 0.3) is 0 Å². The summed E-state index contributed by atoms with van der Waals surface area (Å²) in [6.07, 6.45) is 4.19. The number of hydrogen-bond donors (Lipinski definition) is 2. The molecule has 2 heteroatoms. The van der Waals surface area contributed by atoms with Crippen molar-refractivity contribution in [3.63, 3.8) is 0 Å². The van der Waals surface area contributed by atoms with E-state index in [4.69, 9.17) is 11.1 Å². The molecule has 0 spiro atoms. The van der Waals surface area contributed by atoms with Crippen LogP contribution in [0.1, 0.15) is 27.2 Å². The maximum Gasteiger partial charge on any atom is 0.115 e. The predicted molar refractivity (Wildman–Crippen MR) is 51.8 cm³/mol. The molecule has 0 unspecified atom stereocenters. The quantitative estimate of drug-likeness (QED) is 0.366. The minimum atomic E-state index is 0.0896. The lowest BCUT2D eigenvalue weighted by atomic mass is 10.2. The highest BCUT2D eigenvalue weighted by atomic mass is 14.7. The first-order valence-electron chi connectivity index (χ1n) is 3.87. The summed E-state index contributed by atoms with van der Waals surface area (Å²) in [6, 6.07) is 0. The third-order valence-electron chi connectivity index (χ3n) is 1.01. The molecule has 0 aromatic rings. The van der Waals surface area contributed by atoms with E-state index < -0.39 is 0 Å². The molecule has 0 atom stereocenters. The Kier molecular flexibility index (Phi) is 10.3. The Balaban J connectivity index is 0. The number of hydrogen-bond acceptors (Lipinski definition) is 1. The maximum atomic E-state index is 6.88. The van der Waals surface area contributed by atoms with E-state index >= 15 is 0 Å². The first-order valence-corrected chi connectivity index (χ1v) is 3.87. The van der Waals surface area contributed by atoms with Gasteiger partial charge in [0.1, 0.15) is 5.84 Å². The zero-order valence-corrected chi connectivity index (χ0v) is 7.65. The van der Waals surface area contributed by atoms with E-state index in [0.29, 0.717) is 0 Å². The summed E-state index contributed by atoms with van der Waals surface area (Å²) in [5, 5.41) is 6.88. The van der Waals surface area contributed by atoms with Crippen LogP contribution in [0.4, 0.5) is 0 Å². The van der Waals surface area contributed by atoms with Crippen molar-refractivity contribution >= 4 is 5.84 Å². The van der Waals surface area contributed by atoms with Crippen LogP contribution in [0.2, 0.25) is 0 Å². The fourth-order valence-corrected chi connectivity index (χ4v) is 0.505. The van der Waals surface area contributed by atoms with Gasteiger partial charge in [0.15, 0.2) is 0 Å². The molecule has 3 N–H and O–H groups in total. The molecule has 0 heterocycles. The van der Waals surface area contributed by atoms with Gasteiger partial charge in [-0.2, -0.15) is 0 Å². The number of nitrogens with one attached hydrogen (secondary N) is 1. The van der Waals surface area contributed by atoms with Gasteiger partial charge in [-0.15, -0.1) is 0 Å². The Labute approximate surface area is 69.3 Å². The van der Waals surface area contributed by atoms with Crippen molar-refractivity contribution in [2.24, 2.45) is 5.73 Å². The van der Waals surface area contributed by atoms with Gasteiger partial charge in [-0.1, -0.05) is 33.4 Å². The normalized spacial score (nSPS) is 9.55. The van der Waals surface area contributed by atoms with Gasteiger partial charge in [0, 0.05) is 0 Å². The van der Waals surface area contributed by atoms with E-state index in [1.165, 1.54) is 0 Å². The van der Waals surface area contributed by atoms with Crippen molar-refractivity contribution in [1.82, 2.24) is 0 Å². The van der Waals surface area contributed by atoms with Crippen molar-refractivity contribution in [3.8, 4) is 0 Å². The highest BCUT2D eigenvalue weighted by Gasteiger charge is 1.85. The molecule has 2 nitrogen and oxygen atoms in total. The van der Waals surface area contributed by atoms with Crippen LogP contribution < -0.4 is 5.73 Å². The third-order valence-corrected chi connectivity index (χ3v) is 1.01. The van der Waals surface area contributed by atoms with Crippen LogP contribution in [0.25, 0.3) is 0 Å². The van der Waals surface area contributed by atoms with E-state index in [9.17, 15) is 0 Å². The number of amidine groups is 1. The van der Waals surface area contributed by atoms with Gasteiger partial charge >= 0.3 is 0 Å². The lowest BCUT2D eigenvalue weighted by molar-refractivity contribution is 1.15. The first-order chi connectivity index (χ1) is 5.20. The minimum absolute atomic E-state index is 0.0896. The average molecular weight is 154 g/mol. The molecule has 64 valence electrons. The van der Waals surface area contributed by atoms with Crippen LogP contribution >= 0.6 is 0 Å². The van der Waals surface area contributed by atoms with Crippen LogP contribution in [-0.4, -0.2) is 5.84 Å². The van der Waals surface area contributed by atoms with Gasteiger partial charge in [0.2, 0.25) is 0 Å². The van der Waals surface area contributed by atoms with Crippen molar-refractivity contribution in [1.29, 1.82) is 5.41 Å². The molecule has 0 aromatic carbocycles. The lowest BCUT2D eigenvalue weighted by Crippen LogP contribution is -2.05. The van der Waals surface area contributed by atoms with Crippen LogP contribution in [0.15, 0.2) is 24.3 Å². The van der Waals surface area contributed by atoms with Gasteiger partial charge in [-0.3, -0.25) is 5.41 Å². The van der Waals surface area contributed by atoms with E-state index in [1.54, 1.807) is 12.2 Å². The highest BCUT2D eigenvalue weighted by Crippen LogP contribution is 1.98. The van der Waals surface area contributed by atoms with Crippen LogP contribution in [0.3, 0.4) is 0 Å². The van der Waals surface area contributed by atoms with Crippen LogP contribution in [0.5, 0.6) is 0 Å². The van der Waals surface area contributed by atoms with Crippen LogP contribution in [0, 0.1) is 5.41 Å². The second-order valence-electron chi connectivity index (χ2n) is 1.73. The maximum absolute atomic E-state index is 6.88. The molecular weight excluding hydrogens is 136 g/mol. The molecule has 0 aliphatic heterocycles. The molecule has 0 amide bonds. The predicted octanol–water partition coefficient (Wildman–Crippen LogP) is 2.47. The van der Waals surface area contributed by atoms with Gasteiger partial charge in [-0.05, 0) is 18.1 Å². The second-order valence-corrected chi connectivity index (χ2v) is 1.73. The SMILES string of the molecule is C=C/C(=C\C(=N)N)CC.CC. The van der Waals surface area contributed by atoms with Crippen molar-refractivity contribution < 1.29 is 0 Å². The Morgan fingerprint density at radius 3 is 2.09 bits per heavy atom. The monoisotopic (exact) mass is 154 g/mol. The van der Waals surface area contributed by atoms with E-state index in [-0.39, 0.29) is 5.84 Å². The molecule has 0 saturated carbocycles. The Morgan fingerprint density at radius 2 is 2.00 bits per heavy atom. The van der Waals surface area contributed by atoms with Crippen molar-refractivity contribution in [3.05, 3.63) is 24.3 Å². The molecule has 0 aliphatic carbocycles. The molecule has 0 aliphatic rings. The van der Waals surface area contributed by atoms with E-state index in [0.717, 1.165) is 12.0 Å². The highest BCUT2D eigenvalue weighted by molar-refractivity contribution is 5.89. The van der Waals surface area contributed by atoms with Gasteiger partial charge < -0.3 is 5.73 Å². The molecule has 0 saturated heterocycles. The zero-order chi connectivity index (χ0) is 9.28. The topological polar surface area (TPSA) is 49.9 Å². The largest absolute Gasteiger partial charge is 0.384 e. The van der Waals surface area contributed by atoms with Gasteiger partial charge in [0.05, 0.1) is 0 Å². The smallest absolute Gasteiger partial charge is 0.115 e. The molecule has 0 fully saturated rings. The summed E-state index contributed by atoms with van der Waals surface area (Å²) < 4.78 is 0. The van der Waals surface area contributed by atoms with E-state index in [1.807, 2.05) is 20.8 Å². The number of allylic oxidation sites excluding steroid dienone is 2. The minimum Gasteiger partial charge on any atom is -0.384 e. The van der Waals surface area contributed by atoms with Crippen LogP contribution in [-0.2, 0) is 0 Å². The zero-order valence-electron chi connectivity index (χ0n) is 7.65. The fourth-order valence-electron chi connectivity index (χ4n) is 0.505. The third kappa shape index (κ3) is 8.95. The summed E-state index contributed by atoms with van der Waals surface area (Å²) in [6.45, 7) is 9.56. The summed E-state index contributed by atoms with van der Waals surface area (Å²) in [4.78, 5) is 0. The molecule has 0 bridgehead atoms. The molecule has 11 heavy (non-hydrogen) atoms. The molecule has 0 radical (unpaired) electrons. The second kappa shape index (κ2) is 8.95. The molecule has 0 rings (SSSR count). The Bertz CT molecular complexity index is 146. The van der Waals surface area contributed by atoms with Gasteiger partial charge in [-0.25, -0.2) is 0 Å². The summed E-state index contributed by atoms with van der Waals surface area (Å²) in [7, 11) is 0. The lowest BCUT2D eigenvalue weighted by Gasteiger charge is -1.92. The van der Waals surface area contributed by atoms with E-state index in [2.05, 4.69) is 6.58 Å². The number of rotatable bonds is 3. The summed E-state index contributed by atoms with van der Waals surface area (Å²) in [5.74, 6) is 0.0896. The summed E-state index contributed by atoms with van der Waals surface area (Å²) in [5.41, 5.74) is 6.11.